The van der Waals surface area contributed by atoms with Gasteiger partial charge in [-0.25, -0.2) is 5.01 Å². The van der Waals surface area contributed by atoms with Crippen LogP contribution >= 0.6 is 0 Å². The molecule has 0 aliphatic carbocycles. The molecule has 0 amide bonds. The summed E-state index contributed by atoms with van der Waals surface area (Å²) in [4.78, 5) is 4.25. The second-order valence-electron chi connectivity index (χ2n) is 8.55. The Bertz CT molecular complexity index is 414. The first-order valence-electron chi connectivity index (χ1n) is 12.9. The van der Waals surface area contributed by atoms with Crippen LogP contribution in [0.25, 0.3) is 0 Å². The van der Waals surface area contributed by atoms with E-state index in [9.17, 15) is 5.11 Å². The van der Waals surface area contributed by atoms with Crippen molar-refractivity contribution in [1.29, 1.82) is 0 Å². The van der Waals surface area contributed by atoms with E-state index in [1.807, 2.05) is 6.34 Å². The normalized spacial score (nSPS) is 14.0. The number of nitrogens with zero attached hydrogens (tertiary/aromatic N) is 3. The van der Waals surface area contributed by atoms with Crippen molar-refractivity contribution in [3.8, 4) is 0 Å². The summed E-state index contributed by atoms with van der Waals surface area (Å²) in [5.41, 5.74) is 0. The molecule has 0 aromatic heterocycles. The molecule has 5 heteroatoms. The van der Waals surface area contributed by atoms with Crippen molar-refractivity contribution in [1.82, 2.24) is 15.3 Å². The average Bonchev–Trinajstić information content (AvgIpc) is 3.29. The van der Waals surface area contributed by atoms with Crippen molar-refractivity contribution in [3.05, 3.63) is 12.2 Å². The number of hydrogen-bond donors (Lipinski definition) is 2. The minimum absolute atomic E-state index is 0.194. The topological polar surface area (TPSA) is 51.1 Å². The zero-order valence-corrected chi connectivity index (χ0v) is 19.9. The van der Waals surface area contributed by atoms with E-state index in [4.69, 9.17) is 0 Å². The van der Waals surface area contributed by atoms with Gasteiger partial charge in [-0.05, 0) is 38.6 Å². The number of hydrogen-bond acceptors (Lipinski definition) is 5. The summed E-state index contributed by atoms with van der Waals surface area (Å²) in [5, 5.41) is 17.1. The van der Waals surface area contributed by atoms with Gasteiger partial charge in [0.1, 0.15) is 0 Å². The van der Waals surface area contributed by atoms with Crippen LogP contribution in [0.2, 0.25) is 0 Å². The highest BCUT2D eigenvalue weighted by Gasteiger charge is 2.14. The first-order chi connectivity index (χ1) is 14.9. The Morgan fingerprint density at radius 3 is 2.10 bits per heavy atom. The number of unbranched alkanes of at least 4 members (excludes halogenated alkanes) is 12. The third kappa shape index (κ3) is 15.9. The second kappa shape index (κ2) is 21.3. The lowest BCUT2D eigenvalue weighted by molar-refractivity contribution is 0.0422. The number of rotatable bonds is 22. The first-order valence-corrected chi connectivity index (χ1v) is 12.9. The van der Waals surface area contributed by atoms with Crippen LogP contribution in [0.4, 0.5) is 0 Å². The summed E-state index contributed by atoms with van der Waals surface area (Å²) >= 11 is 0. The Morgan fingerprint density at radius 1 is 0.867 bits per heavy atom. The molecule has 2 N–H and O–H groups in total. The third-order valence-electron chi connectivity index (χ3n) is 5.81. The second-order valence-corrected chi connectivity index (χ2v) is 8.55. The van der Waals surface area contributed by atoms with Gasteiger partial charge in [-0.2, -0.15) is 0 Å². The monoisotopic (exact) mass is 422 g/mol. The van der Waals surface area contributed by atoms with Gasteiger partial charge in [0.15, 0.2) is 0 Å². The molecule has 30 heavy (non-hydrogen) atoms. The highest BCUT2D eigenvalue weighted by Crippen LogP contribution is 2.09. The van der Waals surface area contributed by atoms with Crippen LogP contribution in [-0.4, -0.2) is 67.3 Å². The van der Waals surface area contributed by atoms with E-state index >= 15 is 0 Å². The molecule has 0 spiro atoms. The van der Waals surface area contributed by atoms with Gasteiger partial charge in [-0.1, -0.05) is 76.9 Å². The Kier molecular flexibility index (Phi) is 19.3. The summed E-state index contributed by atoms with van der Waals surface area (Å²) in [7, 11) is 0. The fourth-order valence-electron chi connectivity index (χ4n) is 3.90. The van der Waals surface area contributed by atoms with E-state index in [2.05, 4.69) is 39.4 Å². The van der Waals surface area contributed by atoms with Gasteiger partial charge in [-0.15, -0.1) is 0 Å². The van der Waals surface area contributed by atoms with Gasteiger partial charge in [0.2, 0.25) is 0 Å². The Labute approximate surface area is 187 Å². The van der Waals surface area contributed by atoms with E-state index in [1.54, 1.807) is 0 Å². The lowest BCUT2D eigenvalue weighted by Crippen LogP contribution is -2.45. The zero-order valence-electron chi connectivity index (χ0n) is 19.9. The summed E-state index contributed by atoms with van der Waals surface area (Å²) < 4.78 is 0. The third-order valence-corrected chi connectivity index (χ3v) is 5.81. The number of nitrogens with one attached hydrogen (secondary N) is 1. The highest BCUT2D eigenvalue weighted by molar-refractivity contribution is 5.56. The maximum Gasteiger partial charge on any atom is 0.0995 e. The van der Waals surface area contributed by atoms with Crippen molar-refractivity contribution in [2.24, 2.45) is 4.99 Å². The molecule has 0 bridgehead atoms. The highest BCUT2D eigenvalue weighted by atomic mass is 16.3. The molecule has 1 aliphatic heterocycles. The minimum Gasteiger partial charge on any atom is -0.395 e. The number of hydrazine groups is 1. The van der Waals surface area contributed by atoms with E-state index in [0.717, 1.165) is 32.7 Å². The fraction of sp³-hybridized carbons (Fsp3) is 0.880. The Balaban J connectivity index is 1.79. The molecular formula is C25H50N4O. The van der Waals surface area contributed by atoms with Crippen LogP contribution in [0.5, 0.6) is 0 Å². The van der Waals surface area contributed by atoms with Crippen molar-refractivity contribution < 1.29 is 5.11 Å². The summed E-state index contributed by atoms with van der Waals surface area (Å²) in [5.74, 6) is 0. The molecule has 0 atom stereocenters. The smallest absolute Gasteiger partial charge is 0.0995 e. The molecule has 0 aromatic rings. The lowest BCUT2D eigenvalue weighted by Gasteiger charge is -2.30. The number of aliphatic hydroxyl groups excluding tert-OH is 1. The SMILES string of the molecule is CCCCCCCC/C=C\CCCCCCCCNCCN(CCO)N1C=NCC1. The van der Waals surface area contributed by atoms with Gasteiger partial charge in [0, 0.05) is 19.6 Å². The van der Waals surface area contributed by atoms with Crippen molar-refractivity contribution in [2.75, 3.05) is 45.9 Å². The lowest BCUT2D eigenvalue weighted by atomic mass is 10.1. The van der Waals surface area contributed by atoms with Gasteiger partial charge in [0.05, 0.1) is 26.0 Å². The first kappa shape index (κ1) is 27.1. The predicted octanol–water partition coefficient (Wildman–Crippen LogP) is 5.17. The molecule has 1 aliphatic rings. The molecule has 1 rings (SSSR count). The number of aliphatic hydroxyl groups is 1. The standard InChI is InChI=1S/C25H50N4O/c1-2-3-4-5-6-7-8-9-10-11-12-13-14-15-16-17-18-26-19-21-28(23-24-30)29-22-20-27-25-29/h9-10,25-26,30H,2-8,11-24H2,1H3/b10-9-. The Morgan fingerprint density at radius 2 is 1.50 bits per heavy atom. The molecule has 0 saturated heterocycles. The molecule has 0 aromatic carbocycles. The van der Waals surface area contributed by atoms with E-state index in [1.165, 1.54) is 89.9 Å². The molecule has 176 valence electrons. The van der Waals surface area contributed by atoms with Crippen LogP contribution in [0.15, 0.2) is 17.1 Å². The maximum atomic E-state index is 9.22. The molecular weight excluding hydrogens is 372 g/mol. The minimum atomic E-state index is 0.194. The molecule has 5 nitrogen and oxygen atoms in total. The summed E-state index contributed by atoms with van der Waals surface area (Å²) in [6, 6.07) is 0. The average molecular weight is 423 g/mol. The predicted molar refractivity (Wildman–Crippen MR) is 131 cm³/mol. The van der Waals surface area contributed by atoms with Crippen molar-refractivity contribution in [3.63, 3.8) is 0 Å². The quantitative estimate of drug-likeness (QED) is 0.187. The maximum absolute atomic E-state index is 9.22. The molecule has 0 fully saturated rings. The van der Waals surface area contributed by atoms with E-state index < -0.39 is 0 Å². The van der Waals surface area contributed by atoms with Crippen LogP contribution in [0.1, 0.15) is 96.8 Å². The van der Waals surface area contributed by atoms with Crippen LogP contribution < -0.4 is 5.32 Å². The molecule has 0 saturated carbocycles. The number of allylic oxidation sites excluding steroid dienone is 2. The molecule has 0 unspecified atom stereocenters. The van der Waals surface area contributed by atoms with Gasteiger partial charge < -0.3 is 10.4 Å². The molecule has 0 radical (unpaired) electrons. The van der Waals surface area contributed by atoms with Gasteiger partial charge >= 0.3 is 0 Å². The molecule has 1 heterocycles. The largest absolute Gasteiger partial charge is 0.395 e. The van der Waals surface area contributed by atoms with E-state index in [-0.39, 0.29) is 6.61 Å². The van der Waals surface area contributed by atoms with Gasteiger partial charge in [-0.3, -0.25) is 10.0 Å². The van der Waals surface area contributed by atoms with Crippen LogP contribution in [-0.2, 0) is 0 Å². The Hall–Kier alpha value is -0.910. The van der Waals surface area contributed by atoms with Crippen molar-refractivity contribution >= 4 is 6.34 Å². The zero-order chi connectivity index (χ0) is 21.5. The van der Waals surface area contributed by atoms with Crippen LogP contribution in [0.3, 0.4) is 0 Å². The summed E-state index contributed by atoms with van der Waals surface area (Å²) in [6.45, 7) is 7.96. The van der Waals surface area contributed by atoms with Crippen molar-refractivity contribution in [2.45, 2.75) is 96.8 Å². The van der Waals surface area contributed by atoms with Gasteiger partial charge in [0.25, 0.3) is 0 Å². The van der Waals surface area contributed by atoms with E-state index in [0.29, 0.717) is 6.54 Å². The van der Waals surface area contributed by atoms with Crippen LogP contribution in [0, 0.1) is 0 Å². The fourth-order valence-corrected chi connectivity index (χ4v) is 3.90. The summed E-state index contributed by atoms with van der Waals surface area (Å²) in [6.07, 6.45) is 25.7. The number of aliphatic imine (C=N–C) groups is 1.